The minimum Gasteiger partial charge on any atom is -0.361 e. The Morgan fingerprint density at radius 2 is 1.78 bits per heavy atom. The molecule has 2 spiro atoms. The predicted molar refractivity (Wildman–Crippen MR) is 105 cm³/mol. The van der Waals surface area contributed by atoms with E-state index in [-0.39, 0.29) is 18.1 Å². The second kappa shape index (κ2) is 6.48. The van der Waals surface area contributed by atoms with E-state index in [1.54, 1.807) is 17.3 Å². The maximum atomic E-state index is 13.4. The average Bonchev–Trinajstić information content (AvgIpc) is 2.82. The lowest BCUT2D eigenvalue weighted by atomic mass is 9.47. The molecule has 7 heteroatoms. The van der Waals surface area contributed by atoms with Crippen molar-refractivity contribution in [2.75, 3.05) is 18.2 Å². The molecule has 3 aliphatic rings. The number of fused-ring (bicyclic) bond motifs is 2. The lowest BCUT2D eigenvalue weighted by Gasteiger charge is -2.54. The van der Waals surface area contributed by atoms with Gasteiger partial charge in [-0.2, -0.15) is 0 Å². The van der Waals surface area contributed by atoms with Gasteiger partial charge in [0.2, 0.25) is 5.91 Å². The van der Waals surface area contributed by atoms with Crippen LogP contribution in [0, 0.1) is 5.41 Å². The molecule has 0 aromatic carbocycles. The zero-order valence-corrected chi connectivity index (χ0v) is 17.6. The van der Waals surface area contributed by atoms with Crippen molar-refractivity contribution in [3.05, 3.63) is 18.1 Å². The summed E-state index contributed by atoms with van der Waals surface area (Å²) >= 11 is 0. The van der Waals surface area contributed by atoms with Crippen LogP contribution in [0.1, 0.15) is 44.2 Å². The highest BCUT2D eigenvalue weighted by atomic mass is 28.3. The highest BCUT2D eigenvalue weighted by Crippen LogP contribution is 2.64. The van der Waals surface area contributed by atoms with Crippen LogP contribution < -0.4 is 4.90 Å². The second-order valence-electron chi connectivity index (χ2n) is 9.78. The Morgan fingerprint density at radius 3 is 2.44 bits per heavy atom. The fraction of sp³-hybridized carbons (Fsp3) is 0.700. The van der Waals surface area contributed by atoms with E-state index in [9.17, 15) is 9.59 Å². The monoisotopic (exact) mass is 387 g/mol. The predicted octanol–water partition coefficient (Wildman–Crippen LogP) is 3.30. The lowest BCUT2D eigenvalue weighted by Crippen LogP contribution is -2.56. The molecule has 146 valence electrons. The Hall–Kier alpha value is -1.60. The maximum Gasteiger partial charge on any atom is 0.242 e. The topological polar surface area (TPSA) is 72.4 Å². The van der Waals surface area contributed by atoms with Crippen molar-refractivity contribution in [1.82, 2.24) is 9.97 Å². The summed E-state index contributed by atoms with van der Waals surface area (Å²) in [5, 5.41) is 0. The molecule has 2 saturated carbocycles. The molecule has 0 radical (unpaired) electrons. The van der Waals surface area contributed by atoms with Crippen LogP contribution in [0.3, 0.4) is 0 Å². The zero-order valence-electron chi connectivity index (χ0n) is 16.6. The largest absolute Gasteiger partial charge is 0.361 e. The summed E-state index contributed by atoms with van der Waals surface area (Å²) in [5.74, 6) is 1.11. The number of carbonyl (C=O) groups is 2. The standard InChI is InChI=1S/C20H29N3O3Si/c1-27(2,3)11-10-26-14-23-17-16(21-8-9-22-17)20(18(23)25)12-19(13-20)6-4-15(24)5-7-19/h8-9H,4-7,10-14H2,1-3H3. The Labute approximate surface area is 161 Å². The Bertz CT molecular complexity index is 756. The van der Waals surface area contributed by atoms with Gasteiger partial charge in [-0.25, -0.2) is 4.98 Å². The third-order valence-electron chi connectivity index (χ3n) is 6.48. The SMILES string of the molecule is C[Si](C)(C)CCOCN1C(=O)C2(CC3(CCC(=O)CC3)C2)c2nccnc21. The van der Waals surface area contributed by atoms with E-state index in [2.05, 4.69) is 29.6 Å². The normalized spacial score (nSPS) is 23.0. The molecular weight excluding hydrogens is 358 g/mol. The van der Waals surface area contributed by atoms with Gasteiger partial charge in [0, 0.05) is 39.9 Å². The number of ether oxygens (including phenoxy) is 1. The first-order valence-electron chi connectivity index (χ1n) is 9.98. The number of Topliss-reactive ketones (excluding diaryl/α,β-unsaturated/α-hetero) is 1. The minimum atomic E-state index is -1.16. The molecule has 0 unspecified atom stereocenters. The van der Waals surface area contributed by atoms with E-state index in [1.165, 1.54) is 0 Å². The summed E-state index contributed by atoms with van der Waals surface area (Å²) in [6.45, 7) is 7.87. The number of hydrogen-bond acceptors (Lipinski definition) is 5. The van der Waals surface area contributed by atoms with Crippen molar-refractivity contribution in [2.24, 2.45) is 5.41 Å². The highest BCUT2D eigenvalue weighted by Gasteiger charge is 2.65. The van der Waals surface area contributed by atoms with Gasteiger partial charge in [0.15, 0.2) is 5.82 Å². The van der Waals surface area contributed by atoms with E-state index >= 15 is 0 Å². The Kier molecular flexibility index (Phi) is 4.50. The van der Waals surface area contributed by atoms with Crippen LogP contribution in [0.2, 0.25) is 25.7 Å². The molecule has 1 aliphatic heterocycles. The van der Waals surface area contributed by atoms with Gasteiger partial charge < -0.3 is 4.74 Å². The molecule has 6 nitrogen and oxygen atoms in total. The molecule has 1 aromatic heterocycles. The number of ketones is 1. The van der Waals surface area contributed by atoms with Crippen LogP contribution in [-0.4, -0.2) is 43.1 Å². The first-order valence-corrected chi connectivity index (χ1v) is 13.7. The summed E-state index contributed by atoms with van der Waals surface area (Å²) in [6.07, 6.45) is 8.04. The molecule has 0 saturated heterocycles. The first kappa shape index (κ1) is 18.7. The van der Waals surface area contributed by atoms with Gasteiger partial charge >= 0.3 is 0 Å². The van der Waals surface area contributed by atoms with Crippen LogP contribution >= 0.6 is 0 Å². The number of anilines is 1. The molecule has 0 N–H and O–H groups in total. The van der Waals surface area contributed by atoms with Gasteiger partial charge in [-0.3, -0.25) is 19.5 Å². The summed E-state index contributed by atoms with van der Waals surface area (Å²) in [6, 6.07) is 1.07. The van der Waals surface area contributed by atoms with Gasteiger partial charge in [-0.1, -0.05) is 19.6 Å². The zero-order chi connectivity index (χ0) is 19.3. The molecule has 0 bridgehead atoms. The fourth-order valence-electron chi connectivity index (χ4n) is 4.94. The Morgan fingerprint density at radius 1 is 1.11 bits per heavy atom. The van der Waals surface area contributed by atoms with Crippen LogP contribution in [0.5, 0.6) is 0 Å². The van der Waals surface area contributed by atoms with Crippen molar-refractivity contribution in [3.63, 3.8) is 0 Å². The van der Waals surface area contributed by atoms with Crippen LogP contribution in [0.4, 0.5) is 5.82 Å². The van der Waals surface area contributed by atoms with Gasteiger partial charge in [0.25, 0.3) is 0 Å². The highest BCUT2D eigenvalue weighted by molar-refractivity contribution is 6.76. The molecule has 1 aromatic rings. The van der Waals surface area contributed by atoms with Crippen LogP contribution in [0.15, 0.2) is 12.4 Å². The molecule has 2 fully saturated rings. The minimum absolute atomic E-state index is 0.0826. The summed E-state index contributed by atoms with van der Waals surface area (Å²) in [4.78, 5) is 35.7. The van der Waals surface area contributed by atoms with Crippen molar-refractivity contribution in [2.45, 2.75) is 69.6 Å². The maximum absolute atomic E-state index is 13.4. The van der Waals surface area contributed by atoms with Crippen LogP contribution in [-0.2, 0) is 19.7 Å². The third-order valence-corrected chi connectivity index (χ3v) is 8.19. The van der Waals surface area contributed by atoms with Gasteiger partial charge in [0.1, 0.15) is 12.5 Å². The summed E-state index contributed by atoms with van der Waals surface area (Å²) < 4.78 is 5.86. The lowest BCUT2D eigenvalue weighted by molar-refractivity contribution is -0.138. The molecule has 2 heterocycles. The van der Waals surface area contributed by atoms with Gasteiger partial charge in [-0.05, 0) is 37.1 Å². The van der Waals surface area contributed by atoms with Crippen molar-refractivity contribution in [3.8, 4) is 0 Å². The van der Waals surface area contributed by atoms with Gasteiger partial charge in [-0.15, -0.1) is 0 Å². The molecule has 2 aliphatic carbocycles. The van der Waals surface area contributed by atoms with E-state index in [0.29, 0.717) is 31.0 Å². The number of hydrogen-bond donors (Lipinski definition) is 0. The number of rotatable bonds is 5. The number of nitrogens with zero attached hydrogens (tertiary/aromatic N) is 3. The van der Waals surface area contributed by atoms with E-state index < -0.39 is 13.5 Å². The van der Waals surface area contributed by atoms with E-state index in [0.717, 1.165) is 37.4 Å². The Balaban J connectivity index is 1.49. The van der Waals surface area contributed by atoms with E-state index in [1.807, 2.05) is 0 Å². The molecule has 27 heavy (non-hydrogen) atoms. The van der Waals surface area contributed by atoms with Crippen molar-refractivity contribution >= 4 is 25.6 Å². The average molecular weight is 388 g/mol. The van der Waals surface area contributed by atoms with E-state index in [4.69, 9.17) is 4.74 Å². The number of carbonyl (C=O) groups excluding carboxylic acids is 2. The summed E-state index contributed by atoms with van der Waals surface area (Å²) in [5.41, 5.74) is 0.394. The second-order valence-corrected chi connectivity index (χ2v) is 15.4. The van der Waals surface area contributed by atoms with Gasteiger partial charge in [0.05, 0.1) is 11.1 Å². The molecule has 4 rings (SSSR count). The first-order chi connectivity index (χ1) is 12.7. The van der Waals surface area contributed by atoms with Crippen LogP contribution in [0.25, 0.3) is 0 Å². The molecule has 0 atom stereocenters. The molecule has 1 amide bonds. The van der Waals surface area contributed by atoms with Crippen molar-refractivity contribution < 1.29 is 14.3 Å². The summed E-state index contributed by atoms with van der Waals surface area (Å²) in [7, 11) is -1.16. The van der Waals surface area contributed by atoms with Crippen molar-refractivity contribution in [1.29, 1.82) is 0 Å². The quantitative estimate of drug-likeness (QED) is 0.572. The third kappa shape index (κ3) is 3.25. The molecular formula is C20H29N3O3Si. The smallest absolute Gasteiger partial charge is 0.242 e. The number of amides is 1. The fourth-order valence-corrected chi connectivity index (χ4v) is 5.69. The number of aromatic nitrogens is 2.